The lowest BCUT2D eigenvalue weighted by Crippen LogP contribution is -2.14. The number of benzene rings is 2. The number of aryl methyl sites for hydroxylation is 2. The summed E-state index contributed by atoms with van der Waals surface area (Å²) in [5.74, 6) is -4.15. The Bertz CT molecular complexity index is 882. The van der Waals surface area contributed by atoms with Crippen LogP contribution in [0, 0.1) is 31.3 Å². The van der Waals surface area contributed by atoms with E-state index in [1.807, 2.05) is 25.8 Å². The van der Waals surface area contributed by atoms with Crippen molar-refractivity contribution in [3.63, 3.8) is 0 Å². The average Bonchev–Trinajstić information content (AvgIpc) is 2.63. The quantitative estimate of drug-likeness (QED) is 0.317. The van der Waals surface area contributed by atoms with Crippen LogP contribution >= 0.6 is 0 Å². The van der Waals surface area contributed by atoms with Crippen molar-refractivity contribution < 1.29 is 22.7 Å². The van der Waals surface area contributed by atoms with Crippen LogP contribution in [0.15, 0.2) is 29.3 Å². The Morgan fingerprint density at radius 1 is 1.07 bits per heavy atom. The van der Waals surface area contributed by atoms with Gasteiger partial charge in [-0.2, -0.15) is 0 Å². The van der Waals surface area contributed by atoms with Gasteiger partial charge in [0.05, 0.1) is 17.6 Å². The number of rotatable bonds is 6. The van der Waals surface area contributed by atoms with Gasteiger partial charge < -0.3 is 9.64 Å². The van der Waals surface area contributed by atoms with Crippen LogP contribution in [0.4, 0.5) is 18.9 Å². The molecular weight excluding hydrogens is 357 g/mol. The molecule has 2 rings (SSSR count). The molecule has 0 saturated carbocycles. The number of nitrogens with zero attached hydrogens (tertiary/aromatic N) is 2. The van der Waals surface area contributed by atoms with Crippen LogP contribution in [0.3, 0.4) is 0 Å². The van der Waals surface area contributed by atoms with Gasteiger partial charge in [0.2, 0.25) is 0 Å². The summed E-state index contributed by atoms with van der Waals surface area (Å²) in [5, 5.41) is 0. The molecule has 27 heavy (non-hydrogen) atoms. The lowest BCUT2D eigenvalue weighted by molar-refractivity contribution is 0.0467. The Balaban J connectivity index is 2.16. The third kappa shape index (κ3) is 5.09. The molecule has 2 aromatic carbocycles. The predicted molar refractivity (Wildman–Crippen MR) is 97.8 cm³/mol. The van der Waals surface area contributed by atoms with Crippen LogP contribution in [0.25, 0.3) is 0 Å². The molecule has 0 unspecified atom stereocenters. The molecule has 0 aliphatic rings. The smallest absolute Gasteiger partial charge is 0.338 e. The maximum atomic E-state index is 13.6. The van der Waals surface area contributed by atoms with Crippen molar-refractivity contribution in [2.24, 2.45) is 4.99 Å². The summed E-state index contributed by atoms with van der Waals surface area (Å²) in [4.78, 5) is 18.6. The minimum atomic E-state index is -1.29. The number of aliphatic imine (C=N–C) groups is 1. The van der Waals surface area contributed by atoms with E-state index in [1.165, 1.54) is 0 Å². The zero-order valence-corrected chi connectivity index (χ0v) is 15.6. The molecule has 0 heterocycles. The number of hydrogen-bond acceptors (Lipinski definition) is 3. The summed E-state index contributed by atoms with van der Waals surface area (Å²) in [7, 11) is 1.90. The second-order valence-electron chi connectivity index (χ2n) is 6.21. The number of hydrogen-bond donors (Lipinski definition) is 0. The average molecular weight is 378 g/mol. The van der Waals surface area contributed by atoms with Crippen LogP contribution in [-0.2, 0) is 11.3 Å². The highest BCUT2D eigenvalue weighted by atomic mass is 19.2. The monoisotopic (exact) mass is 378 g/mol. The molecule has 0 atom stereocenters. The van der Waals surface area contributed by atoms with E-state index in [-0.39, 0.29) is 5.56 Å². The fourth-order valence-electron chi connectivity index (χ4n) is 2.30. The van der Waals surface area contributed by atoms with E-state index in [0.29, 0.717) is 23.3 Å². The Morgan fingerprint density at radius 3 is 2.41 bits per heavy atom. The van der Waals surface area contributed by atoms with Gasteiger partial charge in [-0.05, 0) is 50.1 Å². The van der Waals surface area contributed by atoms with Gasteiger partial charge in [-0.1, -0.05) is 0 Å². The van der Waals surface area contributed by atoms with Crippen molar-refractivity contribution in [3.05, 3.63) is 64.0 Å². The maximum Gasteiger partial charge on any atom is 0.338 e. The molecule has 0 bridgehead atoms. The summed E-state index contributed by atoms with van der Waals surface area (Å²) in [6.07, 6.45) is 1.70. The van der Waals surface area contributed by atoms with E-state index in [0.717, 1.165) is 17.8 Å². The second-order valence-corrected chi connectivity index (χ2v) is 6.21. The van der Waals surface area contributed by atoms with E-state index < -0.39 is 30.0 Å². The third-order valence-electron chi connectivity index (χ3n) is 4.10. The van der Waals surface area contributed by atoms with Gasteiger partial charge in [0.1, 0.15) is 12.4 Å². The summed E-state index contributed by atoms with van der Waals surface area (Å²) >= 11 is 0. The first-order valence-corrected chi connectivity index (χ1v) is 8.39. The fourth-order valence-corrected chi connectivity index (χ4v) is 2.30. The Kier molecular flexibility index (Phi) is 6.60. The Labute approximate surface area is 156 Å². The number of carbonyl (C=O) groups excluding carboxylic acids is 1. The van der Waals surface area contributed by atoms with Crippen molar-refractivity contribution >= 4 is 18.0 Å². The minimum Gasteiger partial charge on any atom is -0.457 e. The van der Waals surface area contributed by atoms with Crippen LogP contribution < -0.4 is 0 Å². The molecule has 0 radical (unpaired) electrons. The topological polar surface area (TPSA) is 41.9 Å². The van der Waals surface area contributed by atoms with E-state index in [9.17, 15) is 18.0 Å². The predicted octanol–water partition coefficient (Wildman–Crippen LogP) is 4.69. The SMILES string of the molecule is CCN(C)C=Nc1cc(C)c(C(=O)OCc2cc(F)c(F)cc2F)cc1C. The molecule has 0 saturated heterocycles. The van der Waals surface area contributed by atoms with Gasteiger partial charge in [0, 0.05) is 25.2 Å². The zero-order chi connectivity index (χ0) is 20.1. The highest BCUT2D eigenvalue weighted by molar-refractivity contribution is 5.92. The molecule has 144 valence electrons. The Hall–Kier alpha value is -2.83. The Morgan fingerprint density at radius 2 is 1.74 bits per heavy atom. The van der Waals surface area contributed by atoms with Gasteiger partial charge in [0.15, 0.2) is 11.6 Å². The fraction of sp³-hybridized carbons (Fsp3) is 0.300. The lowest BCUT2D eigenvalue weighted by atomic mass is 10.0. The van der Waals surface area contributed by atoms with Gasteiger partial charge >= 0.3 is 5.97 Å². The molecule has 0 fully saturated rings. The number of ether oxygens (including phenoxy) is 1. The molecule has 0 spiro atoms. The molecule has 7 heteroatoms. The van der Waals surface area contributed by atoms with Crippen molar-refractivity contribution in [3.8, 4) is 0 Å². The largest absolute Gasteiger partial charge is 0.457 e. The summed E-state index contributed by atoms with van der Waals surface area (Å²) < 4.78 is 44.9. The first kappa shape index (κ1) is 20.5. The van der Waals surface area contributed by atoms with E-state index in [2.05, 4.69) is 4.99 Å². The van der Waals surface area contributed by atoms with Crippen LogP contribution in [-0.4, -0.2) is 30.8 Å². The van der Waals surface area contributed by atoms with Crippen LogP contribution in [0.2, 0.25) is 0 Å². The number of esters is 1. The van der Waals surface area contributed by atoms with Crippen LogP contribution in [0.1, 0.15) is 34.0 Å². The highest BCUT2D eigenvalue weighted by Gasteiger charge is 2.16. The van der Waals surface area contributed by atoms with Crippen molar-refractivity contribution in [1.29, 1.82) is 0 Å². The summed E-state index contributed by atoms with van der Waals surface area (Å²) in [6, 6.07) is 4.49. The number of halogens is 3. The maximum absolute atomic E-state index is 13.6. The molecule has 0 aliphatic carbocycles. The molecule has 0 aliphatic heterocycles. The van der Waals surface area contributed by atoms with E-state index in [4.69, 9.17) is 4.74 Å². The van der Waals surface area contributed by atoms with Crippen molar-refractivity contribution in [2.45, 2.75) is 27.4 Å². The first-order valence-electron chi connectivity index (χ1n) is 8.39. The molecule has 0 aromatic heterocycles. The van der Waals surface area contributed by atoms with Gasteiger partial charge in [0.25, 0.3) is 0 Å². The first-order chi connectivity index (χ1) is 12.7. The third-order valence-corrected chi connectivity index (χ3v) is 4.10. The number of carbonyl (C=O) groups is 1. The van der Waals surface area contributed by atoms with E-state index in [1.54, 1.807) is 25.4 Å². The molecule has 0 N–H and O–H groups in total. The van der Waals surface area contributed by atoms with Gasteiger partial charge in [-0.3, -0.25) is 0 Å². The van der Waals surface area contributed by atoms with Crippen LogP contribution in [0.5, 0.6) is 0 Å². The van der Waals surface area contributed by atoms with Gasteiger partial charge in [-0.25, -0.2) is 23.0 Å². The van der Waals surface area contributed by atoms with E-state index >= 15 is 0 Å². The molecule has 2 aromatic rings. The van der Waals surface area contributed by atoms with Crippen molar-refractivity contribution in [2.75, 3.05) is 13.6 Å². The van der Waals surface area contributed by atoms with Crippen molar-refractivity contribution in [1.82, 2.24) is 4.90 Å². The minimum absolute atomic E-state index is 0.236. The molecule has 0 amide bonds. The zero-order valence-electron chi connectivity index (χ0n) is 15.6. The lowest BCUT2D eigenvalue weighted by Gasteiger charge is -2.12. The standard InChI is InChI=1S/C20H21F3N2O2/c1-5-25(4)11-24-19-7-12(2)15(6-13(19)3)20(26)27-10-14-8-17(22)18(23)9-16(14)21/h6-9,11H,5,10H2,1-4H3. The summed E-state index contributed by atoms with van der Waals surface area (Å²) in [5.41, 5.74) is 2.20. The van der Waals surface area contributed by atoms with Gasteiger partial charge in [-0.15, -0.1) is 0 Å². The molecular formula is C20H21F3N2O2. The summed E-state index contributed by atoms with van der Waals surface area (Å²) in [6.45, 7) is 5.85. The molecule has 4 nitrogen and oxygen atoms in total. The normalized spacial score (nSPS) is 11.1. The highest BCUT2D eigenvalue weighted by Crippen LogP contribution is 2.24. The second kappa shape index (κ2) is 8.70.